The molecule has 0 aromatic heterocycles. The van der Waals surface area contributed by atoms with Crippen molar-refractivity contribution in [3.63, 3.8) is 0 Å². The summed E-state index contributed by atoms with van der Waals surface area (Å²) in [5, 5.41) is 0. The van der Waals surface area contributed by atoms with Gasteiger partial charge in [-0.15, -0.1) is 0 Å². The molecule has 0 nitrogen and oxygen atoms in total. The molecule has 0 aromatic rings. The van der Waals surface area contributed by atoms with Gasteiger partial charge in [0, 0.05) is 5.92 Å². The highest BCUT2D eigenvalue weighted by Crippen LogP contribution is 2.63. The fraction of sp³-hybridized carbons (Fsp3) is 0.857. The average Bonchev–Trinajstić information content (AvgIpc) is 2.86. The summed E-state index contributed by atoms with van der Waals surface area (Å²) in [7, 11) is 0. The van der Waals surface area contributed by atoms with Crippen LogP contribution in [0.5, 0.6) is 0 Å². The van der Waals surface area contributed by atoms with E-state index in [2.05, 4.69) is 6.92 Å². The molecule has 1 saturated carbocycles. The minimum absolute atomic E-state index is 0.332. The van der Waals surface area contributed by atoms with Crippen LogP contribution in [0.4, 0.5) is 57.1 Å². The zero-order chi connectivity index (χ0) is 21.9. The first-order valence-corrected chi connectivity index (χ1v) is 7.30. The number of rotatable bonds is 6. The summed E-state index contributed by atoms with van der Waals surface area (Å²) in [6.07, 6.45) is -7.25. The molecule has 1 rings (SSSR count). The SMILES string of the molecule is [CH2]CC1C[CH]C(C)C1C(F)(F)C(F)(F)C(F)(F)C(F)(F)C(F)(F)C(F)(F)F. The van der Waals surface area contributed by atoms with E-state index in [1.807, 2.05) is 0 Å². The molecule has 0 saturated heterocycles. The van der Waals surface area contributed by atoms with Crippen LogP contribution in [0.1, 0.15) is 19.8 Å². The van der Waals surface area contributed by atoms with Crippen molar-refractivity contribution < 1.29 is 57.1 Å². The summed E-state index contributed by atoms with van der Waals surface area (Å²) in [6, 6.07) is 0. The van der Waals surface area contributed by atoms with Crippen LogP contribution in [-0.2, 0) is 0 Å². The molecule has 0 spiro atoms. The molecule has 3 unspecified atom stereocenters. The molecule has 27 heavy (non-hydrogen) atoms. The zero-order valence-electron chi connectivity index (χ0n) is 13.3. The smallest absolute Gasteiger partial charge is 0.199 e. The largest absolute Gasteiger partial charge is 0.460 e. The first kappa shape index (κ1) is 24.1. The van der Waals surface area contributed by atoms with Gasteiger partial charge < -0.3 is 0 Å². The van der Waals surface area contributed by atoms with Gasteiger partial charge >= 0.3 is 35.8 Å². The fourth-order valence-electron chi connectivity index (χ4n) is 3.03. The monoisotopic (exact) mass is 428 g/mol. The van der Waals surface area contributed by atoms with Crippen LogP contribution in [0.15, 0.2) is 0 Å². The molecular formula is C14H13F13. The lowest BCUT2D eigenvalue weighted by Gasteiger charge is -2.43. The van der Waals surface area contributed by atoms with Gasteiger partial charge in [0.2, 0.25) is 0 Å². The Hall–Kier alpha value is -0.910. The Labute approximate surface area is 145 Å². The highest BCUT2D eigenvalue weighted by Gasteiger charge is 2.91. The van der Waals surface area contributed by atoms with Crippen molar-refractivity contribution >= 4 is 0 Å². The maximum Gasteiger partial charge on any atom is 0.460 e. The first-order chi connectivity index (χ1) is 11.7. The summed E-state index contributed by atoms with van der Waals surface area (Å²) >= 11 is 0. The second kappa shape index (κ2) is 6.57. The van der Waals surface area contributed by atoms with Gasteiger partial charge in [-0.25, -0.2) is 0 Å². The quantitative estimate of drug-likeness (QED) is 0.428. The van der Waals surface area contributed by atoms with E-state index in [-0.39, 0.29) is 6.42 Å². The van der Waals surface area contributed by atoms with E-state index in [1.165, 1.54) is 0 Å². The van der Waals surface area contributed by atoms with Gasteiger partial charge in [-0.2, -0.15) is 57.1 Å². The Morgan fingerprint density at radius 1 is 0.741 bits per heavy atom. The van der Waals surface area contributed by atoms with E-state index in [0.717, 1.165) is 13.3 Å². The van der Waals surface area contributed by atoms with Crippen molar-refractivity contribution in [1.29, 1.82) is 0 Å². The van der Waals surface area contributed by atoms with E-state index in [9.17, 15) is 57.1 Å². The fourth-order valence-corrected chi connectivity index (χ4v) is 3.03. The lowest BCUT2D eigenvalue weighted by molar-refractivity contribution is -0.444. The van der Waals surface area contributed by atoms with Crippen LogP contribution in [-0.4, -0.2) is 35.8 Å². The molecule has 0 N–H and O–H groups in total. The molecule has 1 aliphatic carbocycles. The Bertz CT molecular complexity index is 534. The van der Waals surface area contributed by atoms with E-state index in [4.69, 9.17) is 0 Å². The minimum Gasteiger partial charge on any atom is -0.199 e. The number of halogens is 13. The molecule has 160 valence electrons. The minimum atomic E-state index is -7.85. The lowest BCUT2D eigenvalue weighted by atomic mass is 9.78. The van der Waals surface area contributed by atoms with Crippen molar-refractivity contribution in [2.45, 2.75) is 55.6 Å². The maximum absolute atomic E-state index is 14.2. The summed E-state index contributed by atoms with van der Waals surface area (Å²) < 4.78 is 171. The van der Waals surface area contributed by atoms with Crippen molar-refractivity contribution in [2.75, 3.05) is 0 Å². The Balaban J connectivity index is 3.50. The zero-order valence-corrected chi connectivity index (χ0v) is 13.3. The Kier molecular flexibility index (Phi) is 5.87. The second-order valence-electron chi connectivity index (χ2n) is 6.32. The molecule has 0 aliphatic heterocycles. The average molecular weight is 428 g/mol. The van der Waals surface area contributed by atoms with Gasteiger partial charge in [0.25, 0.3) is 0 Å². The molecule has 1 aliphatic rings. The molecule has 0 heterocycles. The number of hydrogen-bond donors (Lipinski definition) is 0. The molecule has 0 aromatic carbocycles. The van der Waals surface area contributed by atoms with Gasteiger partial charge in [-0.05, 0) is 31.1 Å². The third kappa shape index (κ3) is 3.16. The van der Waals surface area contributed by atoms with E-state index < -0.39 is 60.0 Å². The highest BCUT2D eigenvalue weighted by molar-refractivity contribution is 5.14. The van der Waals surface area contributed by atoms with Crippen molar-refractivity contribution in [3.8, 4) is 0 Å². The highest BCUT2D eigenvalue weighted by atomic mass is 19.4. The van der Waals surface area contributed by atoms with Gasteiger partial charge in [0.05, 0.1) is 0 Å². The third-order valence-electron chi connectivity index (χ3n) is 4.63. The number of alkyl halides is 13. The lowest BCUT2D eigenvalue weighted by Crippen LogP contribution is -2.71. The van der Waals surface area contributed by atoms with Crippen LogP contribution < -0.4 is 0 Å². The van der Waals surface area contributed by atoms with Gasteiger partial charge in [0.15, 0.2) is 0 Å². The molecule has 0 amide bonds. The summed E-state index contributed by atoms with van der Waals surface area (Å²) in [5.74, 6) is -42.3. The summed E-state index contributed by atoms with van der Waals surface area (Å²) in [4.78, 5) is 0. The molecular weight excluding hydrogens is 415 g/mol. The Morgan fingerprint density at radius 2 is 1.15 bits per heavy atom. The summed E-state index contributed by atoms with van der Waals surface area (Å²) in [6.45, 7) is 3.99. The molecule has 1 fully saturated rings. The molecule has 0 bridgehead atoms. The molecule has 2 radical (unpaired) electrons. The predicted octanol–water partition coefficient (Wildman–Crippen LogP) is 6.43. The van der Waals surface area contributed by atoms with E-state index in [1.54, 1.807) is 0 Å². The standard InChI is InChI=1S/C14H13F13/c1-3-7-5-4-6(2)8(7)9(15,16)10(17,18)11(19,20)12(21,22)13(23,24)14(25,26)27/h4,6-8H,1,3,5H2,2H3. The predicted molar refractivity (Wildman–Crippen MR) is 65.8 cm³/mol. The van der Waals surface area contributed by atoms with Gasteiger partial charge in [0.1, 0.15) is 0 Å². The van der Waals surface area contributed by atoms with Crippen molar-refractivity contribution in [2.24, 2.45) is 17.8 Å². The Morgan fingerprint density at radius 3 is 1.52 bits per heavy atom. The van der Waals surface area contributed by atoms with Gasteiger partial charge in [-0.1, -0.05) is 13.8 Å². The van der Waals surface area contributed by atoms with Crippen LogP contribution in [0, 0.1) is 31.1 Å². The third-order valence-corrected chi connectivity index (χ3v) is 4.63. The second-order valence-corrected chi connectivity index (χ2v) is 6.32. The van der Waals surface area contributed by atoms with Crippen LogP contribution in [0.25, 0.3) is 0 Å². The van der Waals surface area contributed by atoms with E-state index >= 15 is 0 Å². The summed E-state index contributed by atoms with van der Waals surface area (Å²) in [5.41, 5.74) is 0. The van der Waals surface area contributed by atoms with Crippen LogP contribution in [0.3, 0.4) is 0 Å². The first-order valence-electron chi connectivity index (χ1n) is 7.30. The maximum atomic E-state index is 14.2. The van der Waals surface area contributed by atoms with Crippen LogP contribution in [0.2, 0.25) is 0 Å². The van der Waals surface area contributed by atoms with Crippen molar-refractivity contribution in [3.05, 3.63) is 13.3 Å². The topological polar surface area (TPSA) is 0 Å². The normalized spacial score (nSPS) is 26.6. The molecule has 3 atom stereocenters. The number of hydrogen-bond acceptors (Lipinski definition) is 0. The molecule has 13 heteroatoms. The van der Waals surface area contributed by atoms with Gasteiger partial charge in [-0.3, -0.25) is 0 Å². The van der Waals surface area contributed by atoms with Crippen LogP contribution >= 0.6 is 0 Å². The van der Waals surface area contributed by atoms with Crippen molar-refractivity contribution in [1.82, 2.24) is 0 Å². The van der Waals surface area contributed by atoms with E-state index in [0.29, 0.717) is 0 Å².